The van der Waals surface area contributed by atoms with Crippen molar-refractivity contribution in [2.75, 3.05) is 0 Å². The van der Waals surface area contributed by atoms with Crippen LogP contribution in [0.5, 0.6) is 0 Å². The Balaban J connectivity index is 2.90. The third-order valence-corrected chi connectivity index (χ3v) is 3.09. The van der Waals surface area contributed by atoms with Gasteiger partial charge in [0.05, 0.1) is 0 Å². The zero-order valence-corrected chi connectivity index (χ0v) is 6.82. The Labute approximate surface area is 67.8 Å². The summed E-state index contributed by atoms with van der Waals surface area (Å²) in [5.41, 5.74) is 0. The minimum atomic E-state index is -4.73. The summed E-state index contributed by atoms with van der Waals surface area (Å²) < 4.78 is 57.2. The van der Waals surface area contributed by atoms with E-state index in [1.165, 1.54) is 0 Å². The third-order valence-electron chi connectivity index (χ3n) is 1.73. The van der Waals surface area contributed by atoms with Crippen molar-refractivity contribution in [3.8, 4) is 0 Å². The Morgan fingerprint density at radius 1 is 1.33 bits per heavy atom. The lowest BCUT2D eigenvalue weighted by molar-refractivity contribution is -0.133. The fraction of sp³-hybridized carbons (Fsp3) is 1.00. The van der Waals surface area contributed by atoms with E-state index < -0.39 is 27.4 Å². The van der Waals surface area contributed by atoms with Gasteiger partial charge in [-0.1, -0.05) is 0 Å². The molecule has 1 fully saturated rings. The Kier molecular flexibility index (Phi) is 2.12. The van der Waals surface area contributed by atoms with Gasteiger partial charge in [0.15, 0.2) is 5.25 Å². The molecule has 1 rings (SSSR count). The molecule has 0 aliphatic heterocycles. The first-order valence-corrected chi connectivity index (χ1v) is 4.92. The van der Waals surface area contributed by atoms with Crippen molar-refractivity contribution >= 4 is 10.0 Å². The first-order valence-electron chi connectivity index (χ1n) is 3.31. The second kappa shape index (κ2) is 2.59. The Morgan fingerprint density at radius 2 is 1.75 bits per heavy atom. The molecule has 72 valence electrons. The molecule has 1 aliphatic rings. The van der Waals surface area contributed by atoms with Gasteiger partial charge in [-0.3, -0.25) is 0 Å². The summed E-state index contributed by atoms with van der Waals surface area (Å²) >= 11 is 0. The Bertz CT molecular complexity index is 267. The average Bonchev–Trinajstić information content (AvgIpc) is 2.38. The predicted molar refractivity (Wildman–Crippen MR) is 35.7 cm³/mol. The highest BCUT2D eigenvalue weighted by molar-refractivity contribution is 7.89. The predicted octanol–water partition coefficient (Wildman–Crippen LogP) is 0.616. The number of sulfonamides is 1. The van der Waals surface area contributed by atoms with Gasteiger partial charge < -0.3 is 0 Å². The fourth-order valence-corrected chi connectivity index (χ4v) is 2.30. The monoisotopic (exact) mass is 203 g/mol. The quantitative estimate of drug-likeness (QED) is 0.715. The van der Waals surface area contributed by atoms with Crippen molar-refractivity contribution in [2.45, 2.75) is 24.3 Å². The molecular weight excluding hydrogens is 195 g/mol. The van der Waals surface area contributed by atoms with Gasteiger partial charge in [0.25, 0.3) is 0 Å². The summed E-state index contributed by atoms with van der Waals surface area (Å²) in [6.45, 7) is 0. The zero-order chi connectivity index (χ0) is 9.57. The van der Waals surface area contributed by atoms with Crippen LogP contribution in [0.15, 0.2) is 0 Å². The average molecular weight is 203 g/mol. The van der Waals surface area contributed by atoms with Gasteiger partial charge in [0.1, 0.15) is 0 Å². The maximum atomic E-state index is 12.0. The van der Waals surface area contributed by atoms with Crippen LogP contribution in [0.25, 0.3) is 0 Å². The zero-order valence-electron chi connectivity index (χ0n) is 6.00. The molecule has 0 radical (unpaired) electrons. The first-order chi connectivity index (χ1) is 5.23. The van der Waals surface area contributed by atoms with Crippen LogP contribution < -0.4 is 5.14 Å². The molecule has 0 bridgehead atoms. The molecule has 12 heavy (non-hydrogen) atoms. The summed E-state index contributed by atoms with van der Waals surface area (Å²) in [6, 6.07) is 0. The Morgan fingerprint density at radius 3 is 1.83 bits per heavy atom. The molecule has 0 spiro atoms. The van der Waals surface area contributed by atoms with Gasteiger partial charge in [-0.15, -0.1) is 0 Å². The van der Waals surface area contributed by atoms with Crippen molar-refractivity contribution in [3.63, 3.8) is 0 Å². The molecule has 7 heteroatoms. The topological polar surface area (TPSA) is 60.2 Å². The lowest BCUT2D eigenvalue weighted by Crippen LogP contribution is -2.42. The van der Waals surface area contributed by atoms with Gasteiger partial charge in [-0.2, -0.15) is 13.2 Å². The molecule has 1 unspecified atom stereocenters. The van der Waals surface area contributed by atoms with Crippen LogP contribution in [0, 0.1) is 5.92 Å². The SMILES string of the molecule is NS(=O)(=O)C(C1CC1)C(F)(F)F. The molecular formula is C5H8F3NO2S. The van der Waals surface area contributed by atoms with Crippen LogP contribution in [-0.4, -0.2) is 19.8 Å². The normalized spacial score (nSPS) is 22.3. The van der Waals surface area contributed by atoms with E-state index in [-0.39, 0.29) is 0 Å². The molecule has 0 amide bonds. The highest BCUT2D eigenvalue weighted by atomic mass is 32.2. The summed E-state index contributed by atoms with van der Waals surface area (Å²) in [7, 11) is -4.48. The van der Waals surface area contributed by atoms with Gasteiger partial charge in [0.2, 0.25) is 10.0 Å². The second-order valence-corrected chi connectivity index (χ2v) is 4.57. The number of hydrogen-bond acceptors (Lipinski definition) is 2. The summed E-state index contributed by atoms with van der Waals surface area (Å²) in [4.78, 5) is 0. The number of alkyl halides is 3. The van der Waals surface area contributed by atoms with Crippen molar-refractivity contribution in [2.24, 2.45) is 11.1 Å². The van der Waals surface area contributed by atoms with Crippen LogP contribution in [0.2, 0.25) is 0 Å². The number of rotatable bonds is 2. The van der Waals surface area contributed by atoms with E-state index in [9.17, 15) is 21.6 Å². The molecule has 1 aliphatic carbocycles. The van der Waals surface area contributed by atoms with Crippen molar-refractivity contribution in [1.29, 1.82) is 0 Å². The van der Waals surface area contributed by atoms with Crippen LogP contribution in [0.3, 0.4) is 0 Å². The molecule has 0 aromatic heterocycles. The van der Waals surface area contributed by atoms with E-state index in [2.05, 4.69) is 5.14 Å². The van der Waals surface area contributed by atoms with E-state index in [4.69, 9.17) is 0 Å². The number of primary sulfonamides is 1. The molecule has 0 aromatic carbocycles. The second-order valence-electron chi connectivity index (χ2n) is 2.89. The smallest absolute Gasteiger partial charge is 0.228 e. The highest BCUT2D eigenvalue weighted by Gasteiger charge is 2.55. The van der Waals surface area contributed by atoms with Crippen LogP contribution in [0.1, 0.15) is 12.8 Å². The molecule has 1 atom stereocenters. The van der Waals surface area contributed by atoms with E-state index in [0.29, 0.717) is 12.8 Å². The molecule has 0 aromatic rings. The third kappa shape index (κ3) is 2.10. The van der Waals surface area contributed by atoms with Crippen molar-refractivity contribution < 1.29 is 21.6 Å². The maximum Gasteiger partial charge on any atom is 0.407 e. The summed E-state index contributed by atoms with van der Waals surface area (Å²) in [5.74, 6) is -0.819. The van der Waals surface area contributed by atoms with Crippen LogP contribution in [-0.2, 0) is 10.0 Å². The van der Waals surface area contributed by atoms with E-state index in [0.717, 1.165) is 0 Å². The standard InChI is InChI=1S/C5H8F3NO2S/c6-5(7,8)4(3-1-2-3)12(9,10)11/h3-4H,1-2H2,(H2,9,10,11). The van der Waals surface area contributed by atoms with Gasteiger partial charge in [0, 0.05) is 0 Å². The van der Waals surface area contributed by atoms with E-state index in [1.54, 1.807) is 0 Å². The van der Waals surface area contributed by atoms with E-state index >= 15 is 0 Å². The number of halogens is 3. The van der Waals surface area contributed by atoms with Gasteiger partial charge in [-0.05, 0) is 18.8 Å². The van der Waals surface area contributed by atoms with Crippen LogP contribution >= 0.6 is 0 Å². The Hall–Kier alpha value is -0.300. The molecule has 2 N–H and O–H groups in total. The van der Waals surface area contributed by atoms with Crippen LogP contribution in [0.4, 0.5) is 13.2 Å². The first kappa shape index (κ1) is 9.79. The molecule has 1 saturated carbocycles. The highest BCUT2D eigenvalue weighted by Crippen LogP contribution is 2.43. The van der Waals surface area contributed by atoms with E-state index in [1.807, 2.05) is 0 Å². The molecule has 0 saturated heterocycles. The summed E-state index contributed by atoms with van der Waals surface area (Å²) in [6.07, 6.45) is -4.14. The maximum absolute atomic E-state index is 12.0. The van der Waals surface area contributed by atoms with Crippen molar-refractivity contribution in [1.82, 2.24) is 0 Å². The largest absolute Gasteiger partial charge is 0.407 e. The lowest BCUT2D eigenvalue weighted by atomic mass is 10.3. The minimum Gasteiger partial charge on any atom is -0.228 e. The number of nitrogens with two attached hydrogens (primary N) is 1. The fourth-order valence-electron chi connectivity index (χ4n) is 1.12. The van der Waals surface area contributed by atoms with Crippen molar-refractivity contribution in [3.05, 3.63) is 0 Å². The molecule has 3 nitrogen and oxygen atoms in total. The van der Waals surface area contributed by atoms with Gasteiger partial charge >= 0.3 is 6.18 Å². The van der Waals surface area contributed by atoms with Gasteiger partial charge in [-0.25, -0.2) is 13.6 Å². The number of hydrogen-bond donors (Lipinski definition) is 1. The minimum absolute atomic E-state index is 0.292. The molecule has 0 heterocycles. The summed E-state index contributed by atoms with van der Waals surface area (Å²) in [5, 5.41) is 2.10. The lowest BCUT2D eigenvalue weighted by Gasteiger charge is -2.16.